The van der Waals surface area contributed by atoms with Crippen LogP contribution < -0.4 is 10.1 Å². The van der Waals surface area contributed by atoms with E-state index in [1.165, 1.54) is 18.2 Å². The zero-order chi connectivity index (χ0) is 14.0. The van der Waals surface area contributed by atoms with Crippen LogP contribution in [0.5, 0.6) is 11.5 Å². The number of benzene rings is 1. The Balaban J connectivity index is 2.34. The van der Waals surface area contributed by atoms with Crippen LogP contribution in [-0.4, -0.2) is 30.3 Å². The van der Waals surface area contributed by atoms with E-state index < -0.39 is 24.7 Å². The number of carbonyl (C=O) groups is 1. The summed E-state index contributed by atoms with van der Waals surface area (Å²) >= 11 is 0. The lowest BCUT2D eigenvalue weighted by atomic mass is 9.99. The third-order valence-corrected chi connectivity index (χ3v) is 2.70. The van der Waals surface area contributed by atoms with Crippen molar-refractivity contribution >= 4 is 6.09 Å². The van der Waals surface area contributed by atoms with E-state index in [4.69, 9.17) is 4.74 Å². The third kappa shape index (κ3) is 2.69. The van der Waals surface area contributed by atoms with Gasteiger partial charge in [0.1, 0.15) is 6.04 Å². The van der Waals surface area contributed by atoms with E-state index >= 15 is 0 Å². The molecule has 2 rings (SSSR count). The van der Waals surface area contributed by atoms with Gasteiger partial charge in [-0.05, 0) is 24.6 Å². The number of ether oxygens (including phenoxy) is 2. The van der Waals surface area contributed by atoms with Crippen molar-refractivity contribution in [2.75, 3.05) is 13.2 Å². The number of nitrogens with one attached hydrogen (secondary N) is 1. The van der Waals surface area contributed by atoms with E-state index in [0.717, 1.165) is 0 Å². The smallest absolute Gasteiger partial charge is 0.408 e. The molecule has 1 aromatic carbocycles. The summed E-state index contributed by atoms with van der Waals surface area (Å²) in [5.41, 5.74) is 0.142. The molecule has 1 atom stereocenters. The van der Waals surface area contributed by atoms with Gasteiger partial charge in [-0.2, -0.15) is 0 Å². The molecule has 0 unspecified atom stereocenters. The summed E-state index contributed by atoms with van der Waals surface area (Å²) in [6, 6.07) is 2.33. The van der Waals surface area contributed by atoms with Crippen LogP contribution in [0, 0.1) is 0 Å². The molecule has 1 fully saturated rings. The van der Waals surface area contributed by atoms with Gasteiger partial charge in [0.05, 0.1) is 6.61 Å². The van der Waals surface area contributed by atoms with Crippen LogP contribution in [0.25, 0.3) is 0 Å². The Bertz CT molecular complexity index is 493. The third-order valence-electron chi connectivity index (χ3n) is 2.70. The van der Waals surface area contributed by atoms with E-state index in [0.29, 0.717) is 0 Å². The summed E-state index contributed by atoms with van der Waals surface area (Å²) in [5.74, 6) is -3.28. The fourth-order valence-corrected chi connectivity index (χ4v) is 1.82. The summed E-state index contributed by atoms with van der Waals surface area (Å²) in [6.45, 7) is 1.01. The molecule has 0 saturated carbocycles. The molecule has 1 aliphatic heterocycles. The van der Waals surface area contributed by atoms with Gasteiger partial charge in [0, 0.05) is 0 Å². The Hall–Kier alpha value is -2.05. The molecule has 1 heterocycles. The van der Waals surface area contributed by atoms with Crippen molar-refractivity contribution in [2.24, 2.45) is 0 Å². The number of amides is 1. The van der Waals surface area contributed by atoms with Gasteiger partial charge in [-0.15, -0.1) is 0 Å². The monoisotopic (exact) mass is 273 g/mol. The maximum Gasteiger partial charge on any atom is 0.408 e. The molecular formula is C12H13F2NO4. The second kappa shape index (κ2) is 4.91. The Labute approximate surface area is 108 Å². The van der Waals surface area contributed by atoms with Crippen LogP contribution in [-0.2, 0) is 4.74 Å². The molecule has 1 amide bonds. The van der Waals surface area contributed by atoms with E-state index in [1.807, 2.05) is 0 Å². The van der Waals surface area contributed by atoms with E-state index in [2.05, 4.69) is 10.1 Å². The minimum atomic E-state index is -3.23. The van der Waals surface area contributed by atoms with Crippen molar-refractivity contribution in [2.45, 2.75) is 18.9 Å². The summed E-state index contributed by atoms with van der Waals surface area (Å²) in [7, 11) is 0. The Kier molecular flexibility index (Phi) is 3.46. The molecule has 7 heteroatoms. The van der Waals surface area contributed by atoms with E-state index in [1.54, 1.807) is 6.92 Å². The van der Waals surface area contributed by atoms with Crippen LogP contribution in [0.1, 0.15) is 18.5 Å². The molecule has 0 spiro atoms. The minimum Gasteiger partial charge on any atom is -0.504 e. The standard InChI is InChI=1S/C12H13F2NO4/c1-2-18-9-5-7(3-4-8(9)16)10-12(13,14)6-19-11(17)15-10/h3-5,10,16H,2,6H2,1H3,(H,15,17)/t10-/m0/s1. The van der Waals surface area contributed by atoms with Gasteiger partial charge in [-0.1, -0.05) is 6.07 Å². The normalized spacial score (nSPS) is 21.4. The first-order valence-electron chi connectivity index (χ1n) is 5.71. The number of alkyl halides is 2. The number of aromatic hydroxyl groups is 1. The number of hydrogen-bond donors (Lipinski definition) is 2. The maximum atomic E-state index is 13.7. The Morgan fingerprint density at radius 2 is 2.32 bits per heavy atom. The molecule has 2 N–H and O–H groups in total. The average molecular weight is 273 g/mol. The molecule has 0 bridgehead atoms. The highest BCUT2D eigenvalue weighted by Gasteiger charge is 2.46. The SMILES string of the molecule is CCOc1cc([C@@H]2NC(=O)OCC2(F)F)ccc1O. The van der Waals surface area contributed by atoms with E-state index in [-0.39, 0.29) is 23.7 Å². The topological polar surface area (TPSA) is 67.8 Å². The summed E-state index contributed by atoms with van der Waals surface area (Å²) < 4.78 is 36.8. The van der Waals surface area contributed by atoms with Crippen LogP contribution in [0.3, 0.4) is 0 Å². The molecule has 0 aliphatic carbocycles. The van der Waals surface area contributed by atoms with Gasteiger partial charge in [0.15, 0.2) is 18.1 Å². The number of cyclic esters (lactones) is 1. The molecule has 19 heavy (non-hydrogen) atoms. The zero-order valence-electron chi connectivity index (χ0n) is 10.2. The lowest BCUT2D eigenvalue weighted by molar-refractivity contribution is -0.104. The van der Waals surface area contributed by atoms with Crippen LogP contribution in [0.4, 0.5) is 13.6 Å². The number of halogens is 2. The fourth-order valence-electron chi connectivity index (χ4n) is 1.82. The summed E-state index contributed by atoms with van der Waals surface area (Å²) in [6.07, 6.45) is -0.901. The predicted octanol–water partition coefficient (Wildman–Crippen LogP) is 2.21. The van der Waals surface area contributed by atoms with Crippen molar-refractivity contribution in [3.8, 4) is 11.5 Å². The molecule has 1 aromatic rings. The lowest BCUT2D eigenvalue weighted by Crippen LogP contribution is -2.49. The molecule has 1 saturated heterocycles. The van der Waals surface area contributed by atoms with Gasteiger partial charge in [-0.3, -0.25) is 0 Å². The number of rotatable bonds is 3. The van der Waals surface area contributed by atoms with Gasteiger partial charge >= 0.3 is 12.0 Å². The van der Waals surface area contributed by atoms with Crippen molar-refractivity contribution < 1.29 is 28.2 Å². The van der Waals surface area contributed by atoms with Crippen LogP contribution in [0.2, 0.25) is 0 Å². The largest absolute Gasteiger partial charge is 0.504 e. The lowest BCUT2D eigenvalue weighted by Gasteiger charge is -2.32. The van der Waals surface area contributed by atoms with Gasteiger partial charge in [-0.25, -0.2) is 13.6 Å². The van der Waals surface area contributed by atoms with Crippen LogP contribution >= 0.6 is 0 Å². The minimum absolute atomic E-state index is 0.0940. The second-order valence-electron chi connectivity index (χ2n) is 4.07. The Morgan fingerprint density at radius 1 is 1.58 bits per heavy atom. The highest BCUT2D eigenvalue weighted by atomic mass is 19.3. The van der Waals surface area contributed by atoms with Crippen molar-refractivity contribution in [3.05, 3.63) is 23.8 Å². The van der Waals surface area contributed by atoms with Gasteiger partial charge < -0.3 is 19.9 Å². The van der Waals surface area contributed by atoms with Gasteiger partial charge in [0.2, 0.25) is 0 Å². The molecular weight excluding hydrogens is 260 g/mol. The van der Waals surface area contributed by atoms with Gasteiger partial charge in [0.25, 0.3) is 0 Å². The highest BCUT2D eigenvalue weighted by Crippen LogP contribution is 2.37. The molecule has 0 aromatic heterocycles. The average Bonchev–Trinajstić information content (AvgIpc) is 2.36. The maximum absolute atomic E-state index is 13.7. The number of hydrogen-bond acceptors (Lipinski definition) is 4. The molecule has 104 valence electrons. The van der Waals surface area contributed by atoms with E-state index in [9.17, 15) is 18.7 Å². The number of carbonyl (C=O) groups excluding carboxylic acids is 1. The van der Waals surface area contributed by atoms with Crippen molar-refractivity contribution in [1.29, 1.82) is 0 Å². The van der Waals surface area contributed by atoms with Crippen LogP contribution in [0.15, 0.2) is 18.2 Å². The second-order valence-corrected chi connectivity index (χ2v) is 4.07. The molecule has 5 nitrogen and oxygen atoms in total. The molecule has 1 aliphatic rings. The number of alkyl carbamates (subject to hydrolysis) is 1. The number of phenols is 1. The first kappa shape index (κ1) is 13.4. The predicted molar refractivity (Wildman–Crippen MR) is 61.4 cm³/mol. The first-order chi connectivity index (χ1) is 8.94. The molecule has 0 radical (unpaired) electrons. The Morgan fingerprint density at radius 3 is 3.00 bits per heavy atom. The van der Waals surface area contributed by atoms with Crippen molar-refractivity contribution in [1.82, 2.24) is 5.32 Å². The summed E-state index contributed by atoms with van der Waals surface area (Å²) in [5, 5.41) is 11.6. The quantitative estimate of drug-likeness (QED) is 0.886. The zero-order valence-corrected chi connectivity index (χ0v) is 10.2. The fraction of sp³-hybridized carbons (Fsp3) is 0.417. The summed E-state index contributed by atoms with van der Waals surface area (Å²) in [4.78, 5) is 11.1. The first-order valence-corrected chi connectivity index (χ1v) is 5.71. The van der Waals surface area contributed by atoms with Crippen molar-refractivity contribution in [3.63, 3.8) is 0 Å². The highest BCUT2D eigenvalue weighted by molar-refractivity contribution is 5.69. The number of phenolic OH excluding ortho intramolecular Hbond substituents is 1.